The predicted molar refractivity (Wildman–Crippen MR) is 94.2 cm³/mol. The van der Waals surface area contributed by atoms with Crippen LogP contribution in [0.15, 0.2) is 12.8 Å². The lowest BCUT2D eigenvalue weighted by Crippen LogP contribution is -2.43. The Morgan fingerprint density at radius 2 is 1.00 bits per heavy atom. The quantitative estimate of drug-likeness (QED) is 0.410. The Balaban J connectivity index is 4.24. The van der Waals surface area contributed by atoms with Crippen LogP contribution >= 0.6 is 0 Å². The van der Waals surface area contributed by atoms with Gasteiger partial charge in [0.25, 0.3) is 0 Å². The molecule has 23 heavy (non-hydrogen) atoms. The van der Waals surface area contributed by atoms with Crippen LogP contribution in [0.25, 0.3) is 0 Å². The lowest BCUT2D eigenvalue weighted by atomic mass is 10.4. The summed E-state index contributed by atoms with van der Waals surface area (Å²) in [6, 6.07) is 1.54. The molecule has 0 saturated carbocycles. The maximum atomic E-state index is 5.43. The molecular weight excluding hydrogens is 334 g/mol. The molecule has 0 aliphatic carbocycles. The van der Waals surface area contributed by atoms with Crippen molar-refractivity contribution in [3.05, 3.63) is 12.8 Å². The molecule has 0 bridgehead atoms. The minimum absolute atomic E-state index is 0.772. The van der Waals surface area contributed by atoms with Gasteiger partial charge in [-0.25, -0.2) is 0 Å². The molecule has 0 spiro atoms. The van der Waals surface area contributed by atoms with Gasteiger partial charge in [0, 0.05) is 67.8 Å². The summed E-state index contributed by atoms with van der Waals surface area (Å²) in [5.74, 6) is 0. The van der Waals surface area contributed by atoms with Gasteiger partial charge in [-0.05, 0) is 19.0 Å². The Morgan fingerprint density at radius 1 is 0.696 bits per heavy atom. The summed E-state index contributed by atoms with van der Waals surface area (Å²) in [5.41, 5.74) is 0. The van der Waals surface area contributed by atoms with E-state index in [1.54, 1.807) is 42.7 Å². The van der Waals surface area contributed by atoms with Crippen molar-refractivity contribution in [3.63, 3.8) is 0 Å². The second-order valence-electron chi connectivity index (χ2n) is 5.02. The van der Waals surface area contributed by atoms with E-state index < -0.39 is 17.6 Å². The number of hydrogen-bond acceptors (Lipinski definition) is 7. The van der Waals surface area contributed by atoms with E-state index in [0.717, 1.165) is 38.0 Å². The van der Waals surface area contributed by atoms with Crippen molar-refractivity contribution in [2.75, 3.05) is 55.7 Å². The molecule has 0 amide bonds. The lowest BCUT2D eigenvalue weighted by Gasteiger charge is -2.27. The van der Waals surface area contributed by atoms with Crippen molar-refractivity contribution in [2.45, 2.75) is 24.9 Å². The van der Waals surface area contributed by atoms with Gasteiger partial charge in [0.2, 0.25) is 0 Å². The van der Waals surface area contributed by atoms with E-state index in [1.165, 1.54) is 0 Å². The van der Waals surface area contributed by atoms with Crippen LogP contribution in [-0.4, -0.2) is 78.3 Å². The van der Waals surface area contributed by atoms with E-state index in [2.05, 4.69) is 11.5 Å². The largest absolute Gasteiger partial charge is 0.500 e. The molecule has 0 heterocycles. The normalized spacial score (nSPS) is 12.4. The number of rotatable bonds is 15. The molecule has 0 aliphatic rings. The van der Waals surface area contributed by atoms with Gasteiger partial charge < -0.3 is 31.5 Å². The molecule has 0 radical (unpaired) electrons. The summed E-state index contributed by atoms with van der Waals surface area (Å²) in [6.07, 6.45) is 3.68. The molecule has 0 unspecified atom stereocenters. The van der Waals surface area contributed by atoms with Gasteiger partial charge in [-0.15, -0.1) is 0 Å². The zero-order valence-electron chi connectivity index (χ0n) is 15.4. The second-order valence-corrected chi connectivity index (χ2v) is 11.2. The standard InChI is InChI=1S/C14H33NO6Si2/c1-8-15(11-9-13-22(16-2,17-3)18-4)12-10-14-23(19-5,20-6)21-7/h8H,1,9-14H2,2-7H3. The van der Waals surface area contributed by atoms with E-state index in [0.29, 0.717) is 0 Å². The molecule has 0 rings (SSSR count). The average Bonchev–Trinajstić information content (AvgIpc) is 2.61. The third-order valence-corrected chi connectivity index (χ3v) is 9.64. The molecule has 0 fully saturated rings. The van der Waals surface area contributed by atoms with Crippen LogP contribution in [0.3, 0.4) is 0 Å². The second kappa shape index (κ2) is 12.1. The Morgan fingerprint density at radius 3 is 1.22 bits per heavy atom. The SMILES string of the molecule is C=CN(CCC[Si](OC)(OC)OC)CCC[Si](OC)(OC)OC. The van der Waals surface area contributed by atoms with Crippen LogP contribution in [0, 0.1) is 0 Å². The van der Waals surface area contributed by atoms with Crippen molar-refractivity contribution in [2.24, 2.45) is 0 Å². The Bertz CT molecular complexity index is 271. The van der Waals surface area contributed by atoms with E-state index >= 15 is 0 Å². The van der Waals surface area contributed by atoms with Crippen LogP contribution in [0.5, 0.6) is 0 Å². The Hall–Kier alpha value is -0.266. The maximum Gasteiger partial charge on any atom is 0.500 e. The summed E-state index contributed by atoms with van der Waals surface area (Å²) in [4.78, 5) is 2.17. The third kappa shape index (κ3) is 7.44. The van der Waals surface area contributed by atoms with Gasteiger partial charge in [0.1, 0.15) is 0 Å². The molecule has 0 aliphatic heterocycles. The molecule has 0 atom stereocenters. The Kier molecular flexibility index (Phi) is 12.0. The minimum atomic E-state index is -2.49. The maximum absolute atomic E-state index is 5.43. The van der Waals surface area contributed by atoms with Crippen LogP contribution in [0.1, 0.15) is 12.8 Å². The van der Waals surface area contributed by atoms with Gasteiger partial charge in [0.05, 0.1) is 0 Å². The van der Waals surface area contributed by atoms with Crippen molar-refractivity contribution in [1.82, 2.24) is 4.90 Å². The molecule has 7 nitrogen and oxygen atoms in total. The molecule has 138 valence electrons. The molecule has 0 saturated heterocycles. The van der Waals surface area contributed by atoms with Crippen LogP contribution in [0.4, 0.5) is 0 Å². The predicted octanol–water partition coefficient (Wildman–Crippen LogP) is 1.97. The monoisotopic (exact) mass is 367 g/mol. The highest BCUT2D eigenvalue weighted by molar-refractivity contribution is 6.60. The fraction of sp³-hybridized carbons (Fsp3) is 0.857. The van der Waals surface area contributed by atoms with E-state index in [1.807, 2.05) is 6.20 Å². The fourth-order valence-electron chi connectivity index (χ4n) is 2.40. The third-order valence-electron chi connectivity index (χ3n) is 3.98. The molecule has 0 aromatic rings. The van der Waals surface area contributed by atoms with Crippen molar-refractivity contribution < 1.29 is 26.6 Å². The lowest BCUT2D eigenvalue weighted by molar-refractivity contribution is 0.121. The van der Waals surface area contributed by atoms with Crippen molar-refractivity contribution >= 4 is 17.6 Å². The zero-order chi connectivity index (χ0) is 17.8. The molecule has 0 aromatic heterocycles. The van der Waals surface area contributed by atoms with Gasteiger partial charge in [-0.3, -0.25) is 0 Å². The first kappa shape index (κ1) is 22.7. The van der Waals surface area contributed by atoms with Gasteiger partial charge in [-0.2, -0.15) is 0 Å². The van der Waals surface area contributed by atoms with Gasteiger partial charge in [-0.1, -0.05) is 6.58 Å². The van der Waals surface area contributed by atoms with Crippen LogP contribution < -0.4 is 0 Å². The summed E-state index contributed by atoms with van der Waals surface area (Å²) < 4.78 is 32.6. The van der Waals surface area contributed by atoms with E-state index in [4.69, 9.17) is 26.6 Å². The molecular formula is C14H33NO6Si2. The first-order valence-corrected chi connectivity index (χ1v) is 11.5. The zero-order valence-corrected chi connectivity index (χ0v) is 17.4. The highest BCUT2D eigenvalue weighted by atomic mass is 28.4. The highest BCUT2D eigenvalue weighted by Crippen LogP contribution is 2.17. The summed E-state index contributed by atoms with van der Waals surface area (Å²) >= 11 is 0. The topological polar surface area (TPSA) is 58.6 Å². The van der Waals surface area contributed by atoms with Crippen molar-refractivity contribution in [3.8, 4) is 0 Å². The van der Waals surface area contributed by atoms with Gasteiger partial charge >= 0.3 is 17.6 Å². The smallest absolute Gasteiger partial charge is 0.378 e. The summed E-state index contributed by atoms with van der Waals surface area (Å²) in [7, 11) is 4.82. The molecule has 0 N–H and O–H groups in total. The highest BCUT2D eigenvalue weighted by Gasteiger charge is 2.38. The van der Waals surface area contributed by atoms with Crippen LogP contribution in [0.2, 0.25) is 12.1 Å². The van der Waals surface area contributed by atoms with Crippen LogP contribution in [-0.2, 0) is 26.6 Å². The summed E-state index contributed by atoms with van der Waals surface area (Å²) in [5, 5.41) is 0. The minimum Gasteiger partial charge on any atom is -0.378 e. The first-order chi connectivity index (χ1) is 11.0. The number of nitrogens with zero attached hydrogens (tertiary/aromatic N) is 1. The fourth-order valence-corrected chi connectivity index (χ4v) is 5.81. The van der Waals surface area contributed by atoms with E-state index in [9.17, 15) is 0 Å². The van der Waals surface area contributed by atoms with Gasteiger partial charge in [0.15, 0.2) is 0 Å². The Labute approximate surface area is 143 Å². The first-order valence-electron chi connectivity index (χ1n) is 7.68. The summed E-state index contributed by atoms with van der Waals surface area (Å²) in [6.45, 7) is 5.61. The molecule has 9 heteroatoms. The van der Waals surface area contributed by atoms with E-state index in [-0.39, 0.29) is 0 Å². The van der Waals surface area contributed by atoms with Crippen molar-refractivity contribution in [1.29, 1.82) is 0 Å². The average molecular weight is 368 g/mol. The number of hydrogen-bond donors (Lipinski definition) is 0. The molecule has 0 aromatic carbocycles.